The minimum atomic E-state index is -5.00. The third-order valence-electron chi connectivity index (χ3n) is 5.32. The highest BCUT2D eigenvalue weighted by molar-refractivity contribution is 5.92. The molecule has 2 atom stereocenters. The molecule has 0 spiro atoms. The summed E-state index contributed by atoms with van der Waals surface area (Å²) in [5.74, 6) is -1.27. The number of rotatable bonds is 4. The summed E-state index contributed by atoms with van der Waals surface area (Å²) >= 11 is 0. The smallest absolute Gasteiger partial charge is 0.273 e. The van der Waals surface area contributed by atoms with Crippen molar-refractivity contribution in [2.45, 2.75) is 37.7 Å². The van der Waals surface area contributed by atoms with Crippen molar-refractivity contribution in [3.05, 3.63) is 41.7 Å². The number of carbonyl (C=O) groups is 2. The van der Waals surface area contributed by atoms with Crippen LogP contribution in [0.1, 0.15) is 30.4 Å². The monoisotopic (exact) mass is 459 g/mol. The van der Waals surface area contributed by atoms with E-state index in [2.05, 4.69) is 15.5 Å². The number of benzene rings is 1. The molecule has 32 heavy (non-hydrogen) atoms. The highest BCUT2D eigenvalue weighted by atomic mass is 19.4. The second kappa shape index (κ2) is 7.64. The zero-order valence-electron chi connectivity index (χ0n) is 16.1. The van der Waals surface area contributed by atoms with Crippen molar-refractivity contribution in [1.29, 1.82) is 0 Å². The minimum Gasteiger partial charge on any atom is -0.273 e. The second-order valence-electron chi connectivity index (χ2n) is 7.51. The van der Waals surface area contributed by atoms with Crippen molar-refractivity contribution in [2.24, 2.45) is 5.92 Å². The molecule has 1 aliphatic carbocycles. The number of amides is 2. The number of aromatic nitrogens is 3. The molecule has 4 rings (SSSR count). The molecule has 2 aliphatic rings. The van der Waals surface area contributed by atoms with Gasteiger partial charge in [-0.3, -0.25) is 20.0 Å². The zero-order valence-corrected chi connectivity index (χ0v) is 16.1. The van der Waals surface area contributed by atoms with E-state index in [4.69, 9.17) is 0 Å². The van der Waals surface area contributed by atoms with Gasteiger partial charge in [0.1, 0.15) is 6.33 Å². The molecule has 1 aromatic carbocycles. The summed E-state index contributed by atoms with van der Waals surface area (Å²) in [7, 11) is 0. The summed E-state index contributed by atoms with van der Waals surface area (Å²) in [4.78, 5) is 27.8. The molecule has 1 saturated carbocycles. The van der Waals surface area contributed by atoms with Crippen LogP contribution >= 0.6 is 0 Å². The van der Waals surface area contributed by atoms with Crippen molar-refractivity contribution in [2.75, 3.05) is 0 Å². The van der Waals surface area contributed by atoms with Gasteiger partial charge in [0, 0.05) is 23.8 Å². The van der Waals surface area contributed by atoms with Gasteiger partial charge in [-0.1, -0.05) is 0 Å². The Morgan fingerprint density at radius 3 is 2.28 bits per heavy atom. The standard InChI is InChI=1S/C19H15F6N5O2/c20-18(21,22)12-5-11(6-13(8-12)19(23,24)25)16-26-9-29(28-16)4-3-15(31)27-30-14-2-1-10(7-14)17(30)32/h3-6,8-10,14H,1-2,7H2,(H,27,31)/b4-3-/t10-,14+/m0/s1. The van der Waals surface area contributed by atoms with Crippen LogP contribution in [0.25, 0.3) is 17.6 Å². The SMILES string of the molecule is O=C(/C=C\n1cnc(-c2cc(C(F)(F)F)cc(C(F)(F)F)c2)n1)NN1C(=O)[C@H]2CC[C@@H]1C2. The number of piperidine rings is 1. The van der Waals surface area contributed by atoms with Crippen LogP contribution < -0.4 is 5.43 Å². The molecule has 1 aliphatic heterocycles. The Balaban J connectivity index is 1.51. The van der Waals surface area contributed by atoms with E-state index in [1.165, 1.54) is 5.01 Å². The maximum Gasteiger partial charge on any atom is 0.416 e. The van der Waals surface area contributed by atoms with Gasteiger partial charge in [0.2, 0.25) is 5.91 Å². The van der Waals surface area contributed by atoms with Gasteiger partial charge in [-0.25, -0.2) is 9.67 Å². The Morgan fingerprint density at radius 1 is 1.06 bits per heavy atom. The molecule has 1 aromatic heterocycles. The van der Waals surface area contributed by atoms with Crippen molar-refractivity contribution in [3.63, 3.8) is 0 Å². The Kier molecular flexibility index (Phi) is 5.21. The minimum absolute atomic E-state index is 0.0110. The molecule has 7 nitrogen and oxygen atoms in total. The van der Waals surface area contributed by atoms with E-state index >= 15 is 0 Å². The average Bonchev–Trinajstić information content (AvgIpc) is 3.43. The van der Waals surface area contributed by atoms with Crippen LogP contribution in [-0.4, -0.2) is 37.6 Å². The first-order chi connectivity index (χ1) is 14.9. The molecule has 2 aromatic rings. The predicted octanol–water partition coefficient (Wildman–Crippen LogP) is 3.50. The first-order valence-electron chi connectivity index (χ1n) is 9.45. The quantitative estimate of drug-likeness (QED) is 0.561. The van der Waals surface area contributed by atoms with Crippen LogP contribution in [0.3, 0.4) is 0 Å². The van der Waals surface area contributed by atoms with E-state index in [9.17, 15) is 35.9 Å². The largest absolute Gasteiger partial charge is 0.416 e. The summed E-state index contributed by atoms with van der Waals surface area (Å²) < 4.78 is 79.1. The lowest BCUT2D eigenvalue weighted by atomic mass is 10.0. The Bertz CT molecular complexity index is 1060. The number of carbonyl (C=O) groups excluding carboxylic acids is 2. The molecular formula is C19H15F6N5O2. The fourth-order valence-electron chi connectivity index (χ4n) is 3.80. The lowest BCUT2D eigenvalue weighted by Gasteiger charge is -2.26. The lowest BCUT2D eigenvalue weighted by molar-refractivity contribution is -0.143. The first kappa shape index (κ1) is 21.8. The van der Waals surface area contributed by atoms with Crippen LogP contribution in [-0.2, 0) is 21.9 Å². The molecule has 2 fully saturated rings. The van der Waals surface area contributed by atoms with Crippen LogP contribution in [0.15, 0.2) is 30.6 Å². The van der Waals surface area contributed by atoms with E-state index in [1.54, 1.807) is 0 Å². The third kappa shape index (κ3) is 4.32. The summed E-state index contributed by atoms with van der Waals surface area (Å²) in [6.45, 7) is 0. The van der Waals surface area contributed by atoms with E-state index in [1.807, 2.05) is 0 Å². The third-order valence-corrected chi connectivity index (χ3v) is 5.32. The second-order valence-corrected chi connectivity index (χ2v) is 7.51. The van der Waals surface area contributed by atoms with Gasteiger partial charge < -0.3 is 0 Å². The molecule has 0 radical (unpaired) electrons. The average molecular weight is 459 g/mol. The van der Waals surface area contributed by atoms with E-state index in [0.717, 1.165) is 36.1 Å². The normalized spacial score (nSPS) is 21.1. The summed E-state index contributed by atoms with van der Waals surface area (Å²) in [5.41, 5.74) is -0.996. The van der Waals surface area contributed by atoms with Crippen molar-refractivity contribution < 1.29 is 35.9 Å². The van der Waals surface area contributed by atoms with Crippen LogP contribution in [0, 0.1) is 5.92 Å². The fraction of sp³-hybridized carbons (Fsp3) is 0.368. The maximum absolute atomic E-state index is 13.0. The number of halogens is 6. The number of fused-ring (bicyclic) bond motifs is 2. The van der Waals surface area contributed by atoms with E-state index < -0.39 is 40.8 Å². The number of alkyl halides is 6. The Hall–Kier alpha value is -3.38. The molecule has 170 valence electrons. The van der Waals surface area contributed by atoms with Gasteiger partial charge in [0.05, 0.1) is 17.2 Å². The van der Waals surface area contributed by atoms with Gasteiger partial charge in [0.25, 0.3) is 5.91 Å². The molecule has 1 N–H and O–H groups in total. The van der Waals surface area contributed by atoms with Crippen LogP contribution in [0.2, 0.25) is 0 Å². The first-order valence-corrected chi connectivity index (χ1v) is 9.45. The van der Waals surface area contributed by atoms with Gasteiger partial charge in [-0.05, 0) is 37.5 Å². The summed E-state index contributed by atoms with van der Waals surface area (Å²) in [6, 6.07) is 0.988. The molecular weight excluding hydrogens is 444 g/mol. The number of hydrogen-bond acceptors (Lipinski definition) is 4. The topological polar surface area (TPSA) is 80.1 Å². The van der Waals surface area contributed by atoms with Crippen molar-refractivity contribution in [1.82, 2.24) is 25.2 Å². The zero-order chi connectivity index (χ0) is 23.3. The van der Waals surface area contributed by atoms with Gasteiger partial charge >= 0.3 is 12.4 Å². The van der Waals surface area contributed by atoms with Crippen LogP contribution in [0.5, 0.6) is 0 Å². The molecule has 13 heteroatoms. The maximum atomic E-state index is 13.0. The summed E-state index contributed by atoms with van der Waals surface area (Å²) in [6.07, 6.45) is -4.56. The number of nitrogens with one attached hydrogen (secondary N) is 1. The Labute approximate surface area is 176 Å². The highest BCUT2D eigenvalue weighted by Gasteiger charge is 2.45. The van der Waals surface area contributed by atoms with Gasteiger partial charge in [0.15, 0.2) is 5.82 Å². The van der Waals surface area contributed by atoms with Crippen molar-refractivity contribution in [3.8, 4) is 11.4 Å². The molecule has 2 amide bonds. The summed E-state index contributed by atoms with van der Waals surface area (Å²) in [5, 5.41) is 5.09. The highest BCUT2D eigenvalue weighted by Crippen LogP contribution is 2.38. The number of nitrogens with zero attached hydrogens (tertiary/aromatic N) is 4. The molecule has 0 unspecified atom stereocenters. The Morgan fingerprint density at radius 2 is 1.72 bits per heavy atom. The van der Waals surface area contributed by atoms with E-state index in [-0.39, 0.29) is 23.9 Å². The predicted molar refractivity (Wildman–Crippen MR) is 96.9 cm³/mol. The fourth-order valence-corrected chi connectivity index (χ4v) is 3.80. The molecule has 2 heterocycles. The molecule has 2 bridgehead atoms. The van der Waals surface area contributed by atoms with E-state index in [0.29, 0.717) is 18.6 Å². The lowest BCUT2D eigenvalue weighted by Crippen LogP contribution is -2.49. The number of hydrogen-bond donors (Lipinski definition) is 1. The van der Waals surface area contributed by atoms with Gasteiger partial charge in [-0.15, -0.1) is 5.10 Å². The van der Waals surface area contributed by atoms with Crippen LogP contribution in [0.4, 0.5) is 26.3 Å². The van der Waals surface area contributed by atoms with Gasteiger partial charge in [-0.2, -0.15) is 26.3 Å². The molecule has 1 saturated heterocycles. The number of hydrazine groups is 1. The van der Waals surface area contributed by atoms with Crippen molar-refractivity contribution >= 4 is 18.0 Å².